The number of nitrogens with one attached hydrogen (secondary N) is 1. The molecule has 0 amide bonds. The lowest BCUT2D eigenvalue weighted by atomic mass is 10.1. The van der Waals surface area contributed by atoms with Crippen LogP contribution in [0.1, 0.15) is 13.8 Å². The fourth-order valence-electron chi connectivity index (χ4n) is 3.04. The van der Waals surface area contributed by atoms with Gasteiger partial charge in [-0.3, -0.25) is 4.72 Å². The molecule has 0 saturated heterocycles. The van der Waals surface area contributed by atoms with Crippen LogP contribution in [0.15, 0.2) is 95.9 Å². The van der Waals surface area contributed by atoms with Crippen molar-refractivity contribution in [1.29, 1.82) is 0 Å². The first-order valence-corrected chi connectivity index (χ1v) is 12.3. The van der Waals surface area contributed by atoms with Crippen LogP contribution in [0.25, 0.3) is 11.3 Å². The number of rotatable bonds is 9. The molecule has 0 spiro atoms. The molecule has 7 nitrogen and oxygen atoms in total. The van der Waals surface area contributed by atoms with Gasteiger partial charge >= 0.3 is 0 Å². The van der Waals surface area contributed by atoms with Crippen molar-refractivity contribution >= 4 is 15.7 Å². The molecule has 1 aromatic heterocycles. The number of para-hydroxylation sites is 1. The van der Waals surface area contributed by atoms with Gasteiger partial charge in [-0.2, -0.15) is 0 Å². The summed E-state index contributed by atoms with van der Waals surface area (Å²) >= 11 is 0. The number of nitrogens with zero attached hydrogens (tertiary/aromatic N) is 2. The highest BCUT2D eigenvalue weighted by molar-refractivity contribution is 7.92. The molecule has 34 heavy (non-hydrogen) atoms. The van der Waals surface area contributed by atoms with E-state index in [0.29, 0.717) is 41.3 Å². The molecule has 1 N–H and O–H groups in total. The smallest absolute Gasteiger partial charge is 0.261 e. The normalized spacial score (nSPS) is 11.3. The molecule has 0 radical (unpaired) electrons. The van der Waals surface area contributed by atoms with E-state index < -0.39 is 10.0 Å². The molecular weight excluding hydrogens is 450 g/mol. The van der Waals surface area contributed by atoms with Gasteiger partial charge < -0.3 is 9.47 Å². The van der Waals surface area contributed by atoms with Crippen LogP contribution in [-0.2, 0) is 10.0 Å². The van der Waals surface area contributed by atoms with Crippen LogP contribution in [0, 0.1) is 5.92 Å². The highest BCUT2D eigenvalue weighted by Gasteiger charge is 2.15. The predicted molar refractivity (Wildman–Crippen MR) is 132 cm³/mol. The standard InChI is InChI=1S/C26H25N3O4S/c1-19(2)18-32-26-17-16-25(27-28-26)20-8-10-21(11-9-20)29-34(30,31)24-14-12-23(13-15-24)33-22-6-4-3-5-7-22/h3-17,19,29H,18H2,1-2H3. The van der Waals surface area contributed by atoms with Crippen LogP contribution >= 0.6 is 0 Å². The Morgan fingerprint density at radius 1 is 0.794 bits per heavy atom. The van der Waals surface area contributed by atoms with Crippen molar-refractivity contribution < 1.29 is 17.9 Å². The lowest BCUT2D eigenvalue weighted by Crippen LogP contribution is -2.12. The number of hydrogen-bond acceptors (Lipinski definition) is 6. The molecule has 0 saturated carbocycles. The second kappa shape index (κ2) is 10.4. The van der Waals surface area contributed by atoms with E-state index in [4.69, 9.17) is 9.47 Å². The van der Waals surface area contributed by atoms with E-state index in [1.54, 1.807) is 42.5 Å². The van der Waals surface area contributed by atoms with E-state index in [9.17, 15) is 8.42 Å². The molecule has 3 aromatic carbocycles. The van der Waals surface area contributed by atoms with Crippen LogP contribution in [0.5, 0.6) is 17.4 Å². The first-order chi connectivity index (χ1) is 16.4. The monoisotopic (exact) mass is 475 g/mol. The number of ether oxygens (including phenoxy) is 2. The van der Waals surface area contributed by atoms with Crippen molar-refractivity contribution in [3.8, 4) is 28.6 Å². The van der Waals surface area contributed by atoms with Crippen LogP contribution in [0.3, 0.4) is 0 Å². The molecule has 1 heterocycles. The van der Waals surface area contributed by atoms with Gasteiger partial charge in [0.05, 0.1) is 17.2 Å². The molecule has 0 aliphatic heterocycles. The zero-order valence-electron chi connectivity index (χ0n) is 18.9. The molecule has 4 aromatic rings. The van der Waals surface area contributed by atoms with Gasteiger partial charge in [0.1, 0.15) is 11.5 Å². The molecule has 174 valence electrons. The molecule has 0 bridgehead atoms. The minimum absolute atomic E-state index is 0.139. The molecular formula is C26H25N3O4S. The summed E-state index contributed by atoms with van der Waals surface area (Å²) in [6.07, 6.45) is 0. The van der Waals surface area contributed by atoms with E-state index in [1.807, 2.05) is 36.4 Å². The van der Waals surface area contributed by atoms with Gasteiger partial charge in [-0.25, -0.2) is 8.42 Å². The molecule has 0 aliphatic carbocycles. The van der Waals surface area contributed by atoms with Crippen molar-refractivity contribution in [1.82, 2.24) is 10.2 Å². The van der Waals surface area contributed by atoms with E-state index >= 15 is 0 Å². The Bertz CT molecular complexity index is 1310. The van der Waals surface area contributed by atoms with Gasteiger partial charge in [-0.1, -0.05) is 44.2 Å². The maximum atomic E-state index is 12.8. The van der Waals surface area contributed by atoms with Crippen molar-refractivity contribution in [2.24, 2.45) is 5.92 Å². The van der Waals surface area contributed by atoms with Crippen molar-refractivity contribution in [3.05, 3.63) is 91.0 Å². The third kappa shape index (κ3) is 6.11. The Balaban J connectivity index is 1.40. The maximum Gasteiger partial charge on any atom is 0.261 e. The molecule has 0 unspecified atom stereocenters. The first kappa shape index (κ1) is 23.3. The first-order valence-electron chi connectivity index (χ1n) is 10.8. The molecule has 0 fully saturated rings. The number of aromatic nitrogens is 2. The summed E-state index contributed by atoms with van der Waals surface area (Å²) in [5.74, 6) is 2.11. The number of anilines is 1. The predicted octanol–water partition coefficient (Wildman–Crippen LogP) is 5.77. The van der Waals surface area contributed by atoms with E-state index in [2.05, 4.69) is 28.8 Å². The fraction of sp³-hybridized carbons (Fsp3) is 0.154. The summed E-state index contributed by atoms with van der Waals surface area (Å²) in [6.45, 7) is 4.70. The average Bonchev–Trinajstić information content (AvgIpc) is 2.84. The minimum atomic E-state index is -3.75. The summed E-state index contributed by atoms with van der Waals surface area (Å²) in [5, 5.41) is 8.28. The highest BCUT2D eigenvalue weighted by atomic mass is 32.2. The summed E-state index contributed by atoms with van der Waals surface area (Å²) in [5.41, 5.74) is 1.92. The maximum absolute atomic E-state index is 12.8. The second-order valence-corrected chi connectivity index (χ2v) is 9.71. The summed E-state index contributed by atoms with van der Waals surface area (Å²) in [4.78, 5) is 0.139. The van der Waals surface area contributed by atoms with Crippen molar-refractivity contribution in [3.63, 3.8) is 0 Å². The largest absolute Gasteiger partial charge is 0.476 e. The molecule has 0 aliphatic rings. The van der Waals surface area contributed by atoms with Gasteiger partial charge in [0, 0.05) is 17.3 Å². The van der Waals surface area contributed by atoms with Gasteiger partial charge in [0.15, 0.2) is 0 Å². The van der Waals surface area contributed by atoms with Gasteiger partial charge in [-0.05, 0) is 60.5 Å². The Morgan fingerprint density at radius 3 is 2.09 bits per heavy atom. The second-order valence-electron chi connectivity index (χ2n) is 8.03. The van der Waals surface area contributed by atoms with Gasteiger partial charge in [0.2, 0.25) is 5.88 Å². The van der Waals surface area contributed by atoms with Crippen LogP contribution < -0.4 is 14.2 Å². The fourth-order valence-corrected chi connectivity index (χ4v) is 4.10. The van der Waals surface area contributed by atoms with Crippen molar-refractivity contribution in [2.75, 3.05) is 11.3 Å². The van der Waals surface area contributed by atoms with Crippen LogP contribution in [0.2, 0.25) is 0 Å². The number of sulfonamides is 1. The van der Waals surface area contributed by atoms with E-state index in [0.717, 1.165) is 5.56 Å². The SMILES string of the molecule is CC(C)COc1ccc(-c2ccc(NS(=O)(=O)c3ccc(Oc4ccccc4)cc3)cc2)nn1. The van der Waals surface area contributed by atoms with Crippen LogP contribution in [-0.4, -0.2) is 25.2 Å². The third-order valence-electron chi connectivity index (χ3n) is 4.75. The third-order valence-corrected chi connectivity index (χ3v) is 6.15. The lowest BCUT2D eigenvalue weighted by Gasteiger charge is -2.10. The topological polar surface area (TPSA) is 90.4 Å². The number of benzene rings is 3. The molecule has 0 atom stereocenters. The summed E-state index contributed by atoms with van der Waals surface area (Å²) in [6, 6.07) is 26.1. The molecule has 4 rings (SSSR count). The summed E-state index contributed by atoms with van der Waals surface area (Å²) < 4.78 is 39.4. The van der Waals surface area contributed by atoms with E-state index in [-0.39, 0.29) is 4.90 Å². The Kier molecular flexibility index (Phi) is 7.08. The Hall–Kier alpha value is -3.91. The highest BCUT2D eigenvalue weighted by Crippen LogP contribution is 2.25. The van der Waals surface area contributed by atoms with E-state index in [1.165, 1.54) is 12.1 Å². The minimum Gasteiger partial charge on any atom is -0.476 e. The quantitative estimate of drug-likeness (QED) is 0.330. The summed E-state index contributed by atoms with van der Waals surface area (Å²) in [7, 11) is -3.75. The molecule has 8 heteroatoms. The van der Waals surface area contributed by atoms with Crippen molar-refractivity contribution in [2.45, 2.75) is 18.7 Å². The Morgan fingerprint density at radius 2 is 1.47 bits per heavy atom. The average molecular weight is 476 g/mol. The lowest BCUT2D eigenvalue weighted by molar-refractivity contribution is 0.258. The Labute approximate surface area is 199 Å². The van der Waals surface area contributed by atoms with Gasteiger partial charge in [0.25, 0.3) is 10.0 Å². The van der Waals surface area contributed by atoms with Crippen LogP contribution in [0.4, 0.5) is 5.69 Å². The zero-order valence-corrected chi connectivity index (χ0v) is 19.7. The number of hydrogen-bond donors (Lipinski definition) is 1. The van der Waals surface area contributed by atoms with Gasteiger partial charge in [-0.15, -0.1) is 10.2 Å². The zero-order chi connectivity index (χ0) is 24.0.